The third kappa shape index (κ3) is 2.66. The van der Waals surface area contributed by atoms with Gasteiger partial charge in [-0.25, -0.2) is 5.43 Å². The van der Waals surface area contributed by atoms with Gasteiger partial charge in [-0.15, -0.1) is 11.3 Å². The van der Waals surface area contributed by atoms with Crippen LogP contribution in [-0.4, -0.2) is 14.9 Å². The first kappa shape index (κ1) is 14.5. The summed E-state index contributed by atoms with van der Waals surface area (Å²) in [4.78, 5) is 12.9. The predicted octanol–water partition coefficient (Wildman–Crippen LogP) is 4.14. The molecule has 0 radical (unpaired) electrons. The Hall–Kier alpha value is 0.0900. The third-order valence-electron chi connectivity index (χ3n) is 3.01. The molecule has 1 amide bonds. The molecule has 2 rings (SSSR count). The van der Waals surface area contributed by atoms with Gasteiger partial charge in [0.15, 0.2) is 0 Å². The van der Waals surface area contributed by atoms with Crippen molar-refractivity contribution >= 4 is 66.4 Å². The molecule has 1 fully saturated rings. The summed E-state index contributed by atoms with van der Waals surface area (Å²) in [6, 6.07) is 3.70. The van der Waals surface area contributed by atoms with Gasteiger partial charge in [0.2, 0.25) is 5.91 Å². The summed E-state index contributed by atoms with van der Waals surface area (Å²) in [6.45, 7) is 3.73. The number of hydrazone groups is 1. The maximum absolute atomic E-state index is 12.0. The van der Waals surface area contributed by atoms with Crippen LogP contribution < -0.4 is 5.43 Å². The number of carbonyl (C=O) groups excluding carboxylic acids is 1. The molecule has 1 aromatic heterocycles. The first-order chi connectivity index (χ1) is 8.26. The van der Waals surface area contributed by atoms with Crippen LogP contribution in [-0.2, 0) is 4.79 Å². The Morgan fingerprint density at radius 1 is 1.56 bits per heavy atom. The molecule has 7 heteroatoms. The minimum Gasteiger partial charge on any atom is -0.272 e. The number of thiophene rings is 1. The highest BCUT2D eigenvalue weighted by atomic mass is 79.9. The molecular weight excluding hydrogens is 403 g/mol. The number of alkyl halides is 2. The van der Waals surface area contributed by atoms with Gasteiger partial charge in [0.1, 0.15) is 0 Å². The molecule has 1 N–H and O–H groups in total. The molecule has 18 heavy (non-hydrogen) atoms. The molecule has 98 valence electrons. The van der Waals surface area contributed by atoms with Crippen LogP contribution in [0, 0.1) is 5.41 Å². The average molecular weight is 415 g/mol. The van der Waals surface area contributed by atoms with Gasteiger partial charge in [0.05, 0.1) is 23.6 Å². The second kappa shape index (κ2) is 4.89. The van der Waals surface area contributed by atoms with Crippen LogP contribution in [0.1, 0.15) is 25.1 Å². The molecule has 1 atom stereocenters. The van der Waals surface area contributed by atoms with E-state index in [1.54, 1.807) is 0 Å². The molecule has 1 aromatic rings. The number of nitrogens with zero attached hydrogens (tertiary/aromatic N) is 1. The number of carbonyl (C=O) groups is 1. The van der Waals surface area contributed by atoms with E-state index in [0.717, 1.165) is 17.0 Å². The Morgan fingerprint density at radius 3 is 2.61 bits per heavy atom. The van der Waals surface area contributed by atoms with Crippen LogP contribution >= 0.6 is 54.8 Å². The number of nitrogens with one attached hydrogen (secondary N) is 1. The summed E-state index contributed by atoms with van der Waals surface area (Å²) in [5.41, 5.74) is 2.90. The Balaban J connectivity index is 2.02. The number of amides is 1. The Bertz CT molecular complexity index is 529. The van der Waals surface area contributed by atoms with E-state index in [1.807, 2.05) is 26.0 Å². The van der Waals surface area contributed by atoms with E-state index in [9.17, 15) is 4.79 Å². The highest BCUT2D eigenvalue weighted by molar-refractivity contribution is 9.25. The lowest BCUT2D eigenvalue weighted by atomic mass is 10.1. The summed E-state index contributed by atoms with van der Waals surface area (Å²) in [5.74, 6) is -0.0988. The zero-order valence-corrected chi connectivity index (χ0v) is 14.5. The monoisotopic (exact) mass is 412 g/mol. The van der Waals surface area contributed by atoms with Crippen LogP contribution in [0.4, 0.5) is 0 Å². The van der Waals surface area contributed by atoms with Crippen molar-refractivity contribution in [2.45, 2.75) is 23.5 Å². The zero-order valence-electron chi connectivity index (χ0n) is 9.76. The molecule has 1 aliphatic carbocycles. The molecule has 0 aromatic carbocycles. The van der Waals surface area contributed by atoms with Crippen LogP contribution in [0.2, 0.25) is 4.34 Å². The van der Waals surface area contributed by atoms with Crippen LogP contribution in [0.25, 0.3) is 0 Å². The SMILES string of the molecule is C/C(=N/NC(=O)[C@]1(C)CC1(Br)Br)c1ccc(Cl)s1. The van der Waals surface area contributed by atoms with Gasteiger partial charge in [0.25, 0.3) is 0 Å². The molecule has 0 unspecified atom stereocenters. The van der Waals surface area contributed by atoms with Crippen LogP contribution in [0.3, 0.4) is 0 Å². The predicted molar refractivity (Wildman–Crippen MR) is 83.0 cm³/mol. The van der Waals surface area contributed by atoms with Gasteiger partial charge in [-0.1, -0.05) is 43.5 Å². The number of hydrogen-bond donors (Lipinski definition) is 1. The van der Waals surface area contributed by atoms with E-state index in [4.69, 9.17) is 11.6 Å². The van der Waals surface area contributed by atoms with E-state index < -0.39 is 5.41 Å². The Morgan fingerprint density at radius 2 is 2.17 bits per heavy atom. The topological polar surface area (TPSA) is 41.5 Å². The quantitative estimate of drug-likeness (QED) is 0.451. The first-order valence-corrected chi connectivity index (χ1v) is 8.02. The van der Waals surface area contributed by atoms with Gasteiger partial charge >= 0.3 is 0 Å². The highest BCUT2D eigenvalue weighted by Crippen LogP contribution is 2.66. The number of halogens is 3. The Kier molecular flexibility index (Phi) is 3.94. The second-order valence-electron chi connectivity index (χ2n) is 4.46. The van der Waals surface area contributed by atoms with Gasteiger partial charge in [-0.05, 0) is 32.4 Å². The largest absolute Gasteiger partial charge is 0.272 e. The number of hydrogen-bond acceptors (Lipinski definition) is 3. The zero-order chi connectivity index (χ0) is 13.6. The van der Waals surface area contributed by atoms with Crippen molar-refractivity contribution in [3.05, 3.63) is 21.3 Å². The lowest BCUT2D eigenvalue weighted by molar-refractivity contribution is -0.125. The van der Waals surface area contributed by atoms with E-state index in [0.29, 0.717) is 4.34 Å². The standard InChI is InChI=1S/C11H11Br2ClN2OS/c1-6(7-3-4-8(14)18-7)15-16-9(17)10(2)5-11(10,12)13/h3-4H,5H2,1-2H3,(H,16,17)/b15-6-/t10-/m0/s1. The molecule has 1 saturated carbocycles. The van der Waals surface area contributed by atoms with Crippen molar-refractivity contribution in [1.82, 2.24) is 5.43 Å². The van der Waals surface area contributed by atoms with Gasteiger partial charge in [0, 0.05) is 0 Å². The average Bonchev–Trinajstić information content (AvgIpc) is 2.63. The van der Waals surface area contributed by atoms with Crippen molar-refractivity contribution in [3.63, 3.8) is 0 Å². The number of rotatable bonds is 3. The summed E-state index contributed by atoms with van der Waals surface area (Å²) in [7, 11) is 0. The lowest BCUT2D eigenvalue weighted by Crippen LogP contribution is -2.30. The molecule has 0 bridgehead atoms. The molecular formula is C11H11Br2ClN2OS. The van der Waals surface area contributed by atoms with Gasteiger partial charge < -0.3 is 0 Å². The molecule has 3 nitrogen and oxygen atoms in total. The van der Waals surface area contributed by atoms with E-state index in [2.05, 4.69) is 42.4 Å². The smallest absolute Gasteiger partial charge is 0.248 e. The van der Waals surface area contributed by atoms with Crippen molar-refractivity contribution in [1.29, 1.82) is 0 Å². The second-order valence-corrected chi connectivity index (χ2v) is 9.94. The maximum Gasteiger partial charge on any atom is 0.248 e. The van der Waals surface area contributed by atoms with Crippen molar-refractivity contribution in [3.8, 4) is 0 Å². The van der Waals surface area contributed by atoms with Crippen molar-refractivity contribution in [2.24, 2.45) is 10.5 Å². The normalized spacial score (nSPS) is 25.9. The first-order valence-electron chi connectivity index (χ1n) is 5.24. The molecule has 1 heterocycles. The minimum atomic E-state index is -0.454. The van der Waals surface area contributed by atoms with Gasteiger partial charge in [-0.3, -0.25) is 4.79 Å². The van der Waals surface area contributed by atoms with Crippen LogP contribution in [0.15, 0.2) is 17.2 Å². The van der Waals surface area contributed by atoms with E-state index >= 15 is 0 Å². The summed E-state index contributed by atoms with van der Waals surface area (Å²) in [6.07, 6.45) is 0.741. The van der Waals surface area contributed by atoms with Crippen molar-refractivity contribution < 1.29 is 4.79 Å². The van der Waals surface area contributed by atoms with Crippen molar-refractivity contribution in [2.75, 3.05) is 0 Å². The summed E-state index contributed by atoms with van der Waals surface area (Å²) >= 11 is 14.2. The van der Waals surface area contributed by atoms with E-state index in [1.165, 1.54) is 11.3 Å². The fourth-order valence-corrected chi connectivity index (χ4v) is 3.94. The van der Waals surface area contributed by atoms with E-state index in [-0.39, 0.29) is 9.14 Å². The molecule has 0 saturated heterocycles. The highest BCUT2D eigenvalue weighted by Gasteiger charge is 2.66. The summed E-state index contributed by atoms with van der Waals surface area (Å²) < 4.78 is 0.409. The molecule has 0 spiro atoms. The fraction of sp³-hybridized carbons (Fsp3) is 0.455. The Labute approximate surface area is 131 Å². The maximum atomic E-state index is 12.0. The molecule has 0 aliphatic heterocycles. The van der Waals surface area contributed by atoms with Gasteiger partial charge in [-0.2, -0.15) is 5.10 Å². The third-order valence-corrected chi connectivity index (χ3v) is 6.66. The summed E-state index contributed by atoms with van der Waals surface area (Å²) in [5, 5.41) is 4.11. The lowest BCUT2D eigenvalue weighted by Gasteiger charge is -2.10. The molecule has 1 aliphatic rings. The van der Waals surface area contributed by atoms with Crippen LogP contribution in [0.5, 0.6) is 0 Å². The fourth-order valence-electron chi connectivity index (χ4n) is 1.47. The minimum absolute atomic E-state index is 0.0988.